The highest BCUT2D eigenvalue weighted by Gasteiger charge is 2.27. The van der Waals surface area contributed by atoms with E-state index in [4.69, 9.17) is 23.7 Å². The molecular weight excluding hydrogens is 1010 g/mol. The molecule has 0 spiro atoms. The number of benzene rings is 8. The minimum atomic E-state index is -1.42. The van der Waals surface area contributed by atoms with Crippen LogP contribution in [0, 0.1) is 46.5 Å². The van der Waals surface area contributed by atoms with Crippen LogP contribution in [0.5, 0.6) is 23.0 Å². The monoisotopic (exact) mass is 1040 g/mol. The van der Waals surface area contributed by atoms with Crippen molar-refractivity contribution >= 4 is 35.6 Å². The molecule has 0 unspecified atom stereocenters. The van der Waals surface area contributed by atoms with E-state index in [2.05, 4.69) is 0 Å². The first-order chi connectivity index (χ1) is 36.3. The summed E-state index contributed by atoms with van der Waals surface area (Å²) >= 11 is 0. The standard InChI is InChI=1S/C57H32F8O11/c1-28(66)41-19-29(37-11-7-33(58)23-45(37)62)3-15-49(41)75-56(70)43-21-31(39-13-9-35(60)25-47(39)64)4-16-50(43)73-53(67)27-54(68)74-51-17-5-32(40-14-10-36(61)26-48(40)65)22-44(51)57(71)76-52-18-6-30(20-42(52)55(69)72-2)38-12-8-34(59)24-46(38)63/h3-26H,27H2,1-2H3. The second kappa shape index (κ2) is 22.1. The zero-order valence-corrected chi connectivity index (χ0v) is 39.1. The van der Waals surface area contributed by atoms with Crippen LogP contribution in [0.4, 0.5) is 35.1 Å². The molecule has 0 amide bonds. The molecule has 0 aromatic heterocycles. The molecular formula is C57H32F8O11. The lowest BCUT2D eigenvalue weighted by molar-refractivity contribution is -0.144. The van der Waals surface area contributed by atoms with Gasteiger partial charge in [0.15, 0.2) is 5.78 Å². The lowest BCUT2D eigenvalue weighted by Gasteiger charge is -2.15. The molecule has 382 valence electrons. The molecule has 0 aliphatic carbocycles. The van der Waals surface area contributed by atoms with Gasteiger partial charge in [0.2, 0.25) is 0 Å². The molecule has 0 saturated heterocycles. The van der Waals surface area contributed by atoms with Crippen molar-refractivity contribution in [3.8, 4) is 67.5 Å². The van der Waals surface area contributed by atoms with Crippen LogP contribution in [-0.2, 0) is 14.3 Å². The summed E-state index contributed by atoms with van der Waals surface area (Å²) in [7, 11) is 0.993. The number of ketones is 1. The fourth-order valence-corrected chi connectivity index (χ4v) is 7.65. The first-order valence-corrected chi connectivity index (χ1v) is 22.1. The number of carbonyl (C=O) groups is 6. The Kier molecular flexibility index (Phi) is 15.3. The second-order valence-electron chi connectivity index (χ2n) is 16.3. The molecule has 8 aromatic carbocycles. The molecule has 0 saturated carbocycles. The number of Topliss-reactive ketones (excluding diaryl/α,β-unsaturated/α-hetero) is 1. The van der Waals surface area contributed by atoms with Crippen molar-refractivity contribution in [2.75, 3.05) is 7.11 Å². The summed E-state index contributed by atoms with van der Waals surface area (Å²) in [5.41, 5.74) is -2.68. The van der Waals surface area contributed by atoms with E-state index in [1.165, 1.54) is 24.3 Å². The van der Waals surface area contributed by atoms with E-state index in [1.54, 1.807) is 0 Å². The fraction of sp³-hybridized carbons (Fsp3) is 0.0526. The van der Waals surface area contributed by atoms with Gasteiger partial charge in [0, 0.05) is 46.5 Å². The van der Waals surface area contributed by atoms with Crippen molar-refractivity contribution in [3.05, 3.63) is 214 Å². The van der Waals surface area contributed by atoms with E-state index in [0.717, 1.165) is 111 Å². The van der Waals surface area contributed by atoms with Crippen LogP contribution in [0.15, 0.2) is 146 Å². The van der Waals surface area contributed by atoms with Crippen LogP contribution in [0.2, 0.25) is 0 Å². The molecule has 0 bridgehead atoms. The molecule has 0 aliphatic rings. The van der Waals surface area contributed by atoms with E-state index in [-0.39, 0.29) is 55.8 Å². The Balaban J connectivity index is 1.08. The highest BCUT2D eigenvalue weighted by Crippen LogP contribution is 2.36. The Bertz CT molecular complexity index is 3710. The predicted octanol–water partition coefficient (Wildman–Crippen LogP) is 12.8. The number of hydrogen-bond donors (Lipinski definition) is 0. The number of esters is 5. The van der Waals surface area contributed by atoms with Gasteiger partial charge < -0.3 is 23.7 Å². The van der Waals surface area contributed by atoms with E-state index in [9.17, 15) is 55.1 Å². The molecule has 0 aliphatic heterocycles. The molecule has 0 heterocycles. The SMILES string of the molecule is COC(=O)c1cc(-c2ccc(F)cc2F)ccc1OC(=O)c1cc(-c2ccc(F)cc2F)ccc1OC(=O)CC(=O)Oc1ccc(-c2ccc(F)cc2F)cc1C(=O)Oc1ccc(-c2ccc(F)cc2F)cc1C(C)=O. The number of methoxy groups -OCH3 is 1. The first kappa shape index (κ1) is 52.5. The molecule has 8 aromatic rings. The van der Waals surface area contributed by atoms with E-state index < -0.39 is 123 Å². The van der Waals surface area contributed by atoms with Gasteiger partial charge in [-0.1, -0.05) is 24.3 Å². The fourth-order valence-electron chi connectivity index (χ4n) is 7.65. The van der Waals surface area contributed by atoms with Crippen LogP contribution in [0.1, 0.15) is 54.8 Å². The second-order valence-corrected chi connectivity index (χ2v) is 16.3. The summed E-state index contributed by atoms with van der Waals surface area (Å²) in [6.07, 6.45) is -1.27. The van der Waals surface area contributed by atoms with Gasteiger partial charge in [0.05, 0.1) is 12.7 Å². The van der Waals surface area contributed by atoms with Gasteiger partial charge in [-0.2, -0.15) is 0 Å². The zero-order valence-electron chi connectivity index (χ0n) is 39.1. The van der Waals surface area contributed by atoms with Gasteiger partial charge in [-0.05, 0) is 126 Å². The minimum absolute atomic E-state index is 0.0323. The molecule has 11 nitrogen and oxygen atoms in total. The van der Waals surface area contributed by atoms with Gasteiger partial charge in [-0.15, -0.1) is 0 Å². The molecule has 0 radical (unpaired) electrons. The van der Waals surface area contributed by atoms with E-state index >= 15 is 8.78 Å². The van der Waals surface area contributed by atoms with Gasteiger partial charge in [0.25, 0.3) is 0 Å². The molecule has 0 N–H and O–H groups in total. The molecule has 8 rings (SSSR count). The van der Waals surface area contributed by atoms with Crippen LogP contribution < -0.4 is 18.9 Å². The van der Waals surface area contributed by atoms with Gasteiger partial charge in [-0.3, -0.25) is 14.4 Å². The Hall–Kier alpha value is -9.78. The Morgan fingerprint density at radius 2 is 0.618 bits per heavy atom. The lowest BCUT2D eigenvalue weighted by atomic mass is 10.00. The van der Waals surface area contributed by atoms with Crippen LogP contribution in [0.3, 0.4) is 0 Å². The predicted molar refractivity (Wildman–Crippen MR) is 254 cm³/mol. The first-order valence-electron chi connectivity index (χ1n) is 22.1. The number of halogens is 8. The molecule has 76 heavy (non-hydrogen) atoms. The maximum Gasteiger partial charge on any atom is 0.347 e. The third-order valence-corrected chi connectivity index (χ3v) is 11.3. The Labute approximate surface area is 424 Å². The van der Waals surface area contributed by atoms with Gasteiger partial charge >= 0.3 is 29.8 Å². The summed E-state index contributed by atoms with van der Waals surface area (Å²) < 4.78 is 141. The number of carbonyl (C=O) groups excluding carboxylic acids is 6. The number of hydrogen-bond acceptors (Lipinski definition) is 11. The summed E-state index contributed by atoms with van der Waals surface area (Å²) in [4.78, 5) is 80.8. The smallest absolute Gasteiger partial charge is 0.347 e. The number of ether oxygens (including phenoxy) is 5. The van der Waals surface area contributed by atoms with Crippen molar-refractivity contribution in [2.24, 2.45) is 0 Å². The molecule has 0 fully saturated rings. The van der Waals surface area contributed by atoms with E-state index in [1.807, 2.05) is 0 Å². The normalized spacial score (nSPS) is 10.9. The van der Waals surface area contributed by atoms with Crippen LogP contribution in [0.25, 0.3) is 44.5 Å². The third kappa shape index (κ3) is 11.7. The van der Waals surface area contributed by atoms with Crippen molar-refractivity contribution in [2.45, 2.75) is 13.3 Å². The molecule has 0 atom stereocenters. The Morgan fingerprint density at radius 1 is 0.342 bits per heavy atom. The van der Waals surface area contributed by atoms with Crippen molar-refractivity contribution in [1.29, 1.82) is 0 Å². The largest absolute Gasteiger partial charge is 0.465 e. The average molecular weight is 1040 g/mol. The minimum Gasteiger partial charge on any atom is -0.465 e. The van der Waals surface area contributed by atoms with Crippen LogP contribution >= 0.6 is 0 Å². The highest BCUT2D eigenvalue weighted by atomic mass is 19.2. The van der Waals surface area contributed by atoms with Crippen molar-refractivity contribution in [1.82, 2.24) is 0 Å². The summed E-state index contributed by atoms with van der Waals surface area (Å²) in [5.74, 6) is -17.1. The maximum absolute atomic E-state index is 15.0. The van der Waals surface area contributed by atoms with Gasteiger partial charge in [0.1, 0.15) is 92.6 Å². The van der Waals surface area contributed by atoms with Crippen LogP contribution in [-0.4, -0.2) is 42.7 Å². The quantitative estimate of drug-likeness (QED) is 0.0337. The lowest BCUT2D eigenvalue weighted by Crippen LogP contribution is -2.21. The van der Waals surface area contributed by atoms with Crippen molar-refractivity contribution in [3.63, 3.8) is 0 Å². The summed E-state index contributed by atoms with van der Waals surface area (Å²) in [5, 5.41) is 0. The summed E-state index contributed by atoms with van der Waals surface area (Å²) in [6.45, 7) is 1.11. The highest BCUT2D eigenvalue weighted by molar-refractivity contribution is 6.03. The molecule has 19 heteroatoms. The zero-order chi connectivity index (χ0) is 54.5. The third-order valence-electron chi connectivity index (χ3n) is 11.3. The average Bonchev–Trinajstić information content (AvgIpc) is 3.37. The topological polar surface area (TPSA) is 149 Å². The summed E-state index contributed by atoms with van der Waals surface area (Å²) in [6, 6.07) is 23.8. The Morgan fingerprint density at radius 3 is 0.908 bits per heavy atom. The van der Waals surface area contributed by atoms with Gasteiger partial charge in [-0.25, -0.2) is 49.5 Å². The van der Waals surface area contributed by atoms with Crippen molar-refractivity contribution < 1.29 is 87.6 Å². The maximum atomic E-state index is 15.0. The number of rotatable bonds is 14. The van der Waals surface area contributed by atoms with E-state index in [0.29, 0.717) is 24.3 Å².